The Kier molecular flexibility index (Phi) is 7.14. The number of carbonyl (C=O) groups is 1. The number of amides is 1. The van der Waals surface area contributed by atoms with E-state index in [0.29, 0.717) is 42.4 Å². The van der Waals surface area contributed by atoms with Crippen LogP contribution in [0.4, 0.5) is 5.69 Å². The zero-order valence-electron chi connectivity index (χ0n) is 17.7. The Balaban J connectivity index is 1.35. The standard InChI is InChI=1S/C23H29N3O4S/c27-23(20-6-4-19(5-7-20)18-25-12-2-1-3-13-25)24-21-8-10-22(11-9-21)31(28,29)26-14-16-30-17-15-26/h4-11H,1-3,12-18H2,(H-,24,27,28,29)/p+1. The average molecular weight is 445 g/mol. The van der Waals surface area contributed by atoms with Gasteiger partial charge in [-0.15, -0.1) is 0 Å². The first-order valence-corrected chi connectivity index (χ1v) is 12.3. The number of carbonyl (C=O) groups excluding carboxylic acids is 1. The van der Waals surface area contributed by atoms with E-state index in [9.17, 15) is 13.6 Å². The maximum absolute atomic E-state index is 12.8. The van der Waals surface area contributed by atoms with Gasteiger partial charge in [0.2, 0.25) is 4.90 Å². The Labute approximate surface area is 184 Å². The molecule has 2 aliphatic rings. The maximum Gasteiger partial charge on any atom is 0.325 e. The summed E-state index contributed by atoms with van der Waals surface area (Å²) < 4.78 is 30.1. The first-order valence-electron chi connectivity index (χ1n) is 10.8. The number of morpholine rings is 1. The van der Waals surface area contributed by atoms with Crippen LogP contribution in [-0.4, -0.2) is 59.1 Å². The second kappa shape index (κ2) is 10.0. The van der Waals surface area contributed by atoms with Gasteiger partial charge < -0.3 is 10.1 Å². The highest BCUT2D eigenvalue weighted by Gasteiger charge is 2.39. The van der Waals surface area contributed by atoms with Gasteiger partial charge in [0.25, 0.3) is 5.91 Å². The summed E-state index contributed by atoms with van der Waals surface area (Å²) in [5.41, 5.74) is 2.39. The Hall–Kier alpha value is -2.10. The first-order chi connectivity index (χ1) is 15.0. The fourth-order valence-electron chi connectivity index (χ4n) is 4.00. The summed E-state index contributed by atoms with van der Waals surface area (Å²) in [6, 6.07) is 14.2. The minimum atomic E-state index is -3.29. The van der Waals surface area contributed by atoms with Crippen LogP contribution >= 0.6 is 0 Å². The highest BCUT2D eigenvalue weighted by molar-refractivity contribution is 7.95. The topological polar surface area (TPSA) is 82.1 Å². The minimum absolute atomic E-state index is 0.199. The molecular formula is C23H30N3O4S+. The maximum atomic E-state index is 12.8. The van der Waals surface area contributed by atoms with E-state index >= 15 is 0 Å². The molecule has 1 amide bonds. The molecule has 166 valence electrons. The Morgan fingerprint density at radius 2 is 1.58 bits per heavy atom. The Bertz CT molecular complexity index is 921. The van der Waals surface area contributed by atoms with Crippen molar-refractivity contribution in [3.63, 3.8) is 0 Å². The molecule has 7 nitrogen and oxygen atoms in total. The lowest BCUT2D eigenvalue weighted by atomic mass is 10.1. The molecule has 2 heterocycles. The average Bonchev–Trinajstić information content (AvgIpc) is 2.81. The third-order valence-electron chi connectivity index (χ3n) is 5.81. The molecule has 0 aliphatic carbocycles. The number of nitrogens with one attached hydrogen (secondary N) is 1. The number of likely N-dealkylation sites (tertiary alicyclic amines) is 1. The van der Waals surface area contributed by atoms with Crippen LogP contribution in [-0.2, 0) is 25.9 Å². The van der Waals surface area contributed by atoms with E-state index < -0.39 is 10.4 Å². The van der Waals surface area contributed by atoms with E-state index in [1.807, 2.05) is 24.3 Å². The first kappa shape index (κ1) is 22.1. The summed E-state index contributed by atoms with van der Waals surface area (Å²) >= 11 is 0. The van der Waals surface area contributed by atoms with Crippen molar-refractivity contribution in [1.29, 1.82) is 0 Å². The molecule has 0 bridgehead atoms. The molecule has 4 rings (SSSR count). The van der Waals surface area contributed by atoms with Gasteiger partial charge in [0.15, 0.2) is 0 Å². The molecule has 0 saturated carbocycles. The van der Waals surface area contributed by atoms with E-state index in [4.69, 9.17) is 4.74 Å². The van der Waals surface area contributed by atoms with Gasteiger partial charge in [-0.2, -0.15) is 4.55 Å². The van der Waals surface area contributed by atoms with Gasteiger partial charge in [0.05, 0.1) is 26.3 Å². The zero-order valence-corrected chi connectivity index (χ0v) is 18.5. The van der Waals surface area contributed by atoms with Crippen LogP contribution in [0.1, 0.15) is 35.2 Å². The van der Waals surface area contributed by atoms with Crippen molar-refractivity contribution in [1.82, 2.24) is 9.21 Å². The van der Waals surface area contributed by atoms with Gasteiger partial charge in [-0.05, 0) is 60.0 Å². The lowest BCUT2D eigenvalue weighted by Crippen LogP contribution is -2.43. The van der Waals surface area contributed by atoms with Crippen molar-refractivity contribution in [3.8, 4) is 0 Å². The number of nitrogens with zero attached hydrogens (tertiary/aromatic N) is 2. The number of hydrogen-bond donors (Lipinski definition) is 2. The summed E-state index contributed by atoms with van der Waals surface area (Å²) in [6.07, 6.45) is 3.84. The fraction of sp³-hybridized carbons (Fsp3) is 0.435. The van der Waals surface area contributed by atoms with Crippen molar-refractivity contribution >= 4 is 22.0 Å². The highest BCUT2D eigenvalue weighted by Crippen LogP contribution is 2.24. The Morgan fingerprint density at radius 3 is 2.23 bits per heavy atom. The monoisotopic (exact) mass is 444 g/mol. The molecule has 2 saturated heterocycles. The highest BCUT2D eigenvalue weighted by atomic mass is 32.3. The molecular weight excluding hydrogens is 414 g/mol. The van der Waals surface area contributed by atoms with Gasteiger partial charge in [0.1, 0.15) is 0 Å². The number of piperidine rings is 1. The minimum Gasteiger partial charge on any atom is -0.378 e. The fourth-order valence-corrected chi connectivity index (χ4v) is 5.43. The van der Waals surface area contributed by atoms with Gasteiger partial charge in [-0.25, -0.2) is 0 Å². The van der Waals surface area contributed by atoms with Gasteiger partial charge in [-0.1, -0.05) is 22.9 Å². The van der Waals surface area contributed by atoms with Gasteiger partial charge >= 0.3 is 10.4 Å². The third-order valence-corrected chi connectivity index (χ3v) is 7.76. The second-order valence-corrected chi connectivity index (χ2v) is 10.0. The third kappa shape index (κ3) is 5.58. The van der Waals surface area contributed by atoms with Crippen molar-refractivity contribution in [2.24, 2.45) is 0 Å². The number of hydrogen-bond acceptors (Lipinski definition) is 4. The second-order valence-electron chi connectivity index (χ2n) is 8.05. The zero-order chi connectivity index (χ0) is 21.7. The van der Waals surface area contributed by atoms with Crippen molar-refractivity contribution in [2.75, 3.05) is 44.7 Å². The molecule has 2 aromatic rings. The summed E-state index contributed by atoms with van der Waals surface area (Å²) in [4.78, 5) is 15.4. The lowest BCUT2D eigenvalue weighted by Gasteiger charge is -2.26. The smallest absolute Gasteiger partial charge is 0.325 e. The molecule has 2 fully saturated rings. The van der Waals surface area contributed by atoms with E-state index in [1.165, 1.54) is 29.1 Å². The van der Waals surface area contributed by atoms with Crippen LogP contribution in [0.5, 0.6) is 0 Å². The molecule has 8 heteroatoms. The molecule has 31 heavy (non-hydrogen) atoms. The van der Waals surface area contributed by atoms with Gasteiger partial charge in [-0.3, -0.25) is 9.69 Å². The molecule has 0 spiro atoms. The van der Waals surface area contributed by atoms with E-state index in [-0.39, 0.29) is 5.91 Å². The number of benzene rings is 2. The SMILES string of the molecule is O=C(Nc1ccc([S+](=O)(O)N2CCOCC2)cc1)c1ccc(CN2CCCCC2)cc1. The number of ether oxygens (including phenoxy) is 1. The predicted octanol–water partition coefficient (Wildman–Crippen LogP) is 3.50. The predicted molar refractivity (Wildman–Crippen MR) is 121 cm³/mol. The molecule has 1 unspecified atom stereocenters. The van der Waals surface area contributed by atoms with E-state index in [0.717, 1.165) is 19.6 Å². The molecule has 2 aliphatic heterocycles. The number of rotatable bonds is 6. The van der Waals surface area contributed by atoms with Crippen LogP contribution in [0.3, 0.4) is 0 Å². The van der Waals surface area contributed by atoms with Crippen LogP contribution < -0.4 is 5.32 Å². The summed E-state index contributed by atoms with van der Waals surface area (Å²) in [6.45, 7) is 4.94. The van der Waals surface area contributed by atoms with Crippen LogP contribution in [0, 0.1) is 0 Å². The largest absolute Gasteiger partial charge is 0.378 e. The van der Waals surface area contributed by atoms with Crippen LogP contribution in [0.15, 0.2) is 53.4 Å². The van der Waals surface area contributed by atoms with E-state index in [2.05, 4.69) is 10.2 Å². The normalized spacial score (nSPS) is 20.2. The van der Waals surface area contributed by atoms with E-state index in [1.54, 1.807) is 24.3 Å². The lowest BCUT2D eigenvalue weighted by molar-refractivity contribution is 0.0700. The Morgan fingerprint density at radius 1 is 0.935 bits per heavy atom. The molecule has 1 atom stereocenters. The van der Waals surface area contributed by atoms with Gasteiger partial charge in [0, 0.05) is 29.9 Å². The molecule has 2 N–H and O–H groups in total. The molecule has 0 aromatic heterocycles. The summed E-state index contributed by atoms with van der Waals surface area (Å²) in [5, 5.41) is 2.86. The van der Waals surface area contributed by atoms with Crippen LogP contribution in [0.25, 0.3) is 0 Å². The number of anilines is 1. The van der Waals surface area contributed by atoms with Crippen molar-refractivity contribution in [2.45, 2.75) is 30.7 Å². The molecule has 2 aromatic carbocycles. The van der Waals surface area contributed by atoms with Crippen LogP contribution in [0.2, 0.25) is 0 Å². The van der Waals surface area contributed by atoms with Crippen molar-refractivity contribution in [3.05, 3.63) is 59.7 Å². The summed E-state index contributed by atoms with van der Waals surface area (Å²) in [7, 11) is -3.29. The van der Waals surface area contributed by atoms with Crippen molar-refractivity contribution < 1.29 is 18.3 Å². The summed E-state index contributed by atoms with van der Waals surface area (Å²) in [5.74, 6) is -0.199. The quantitative estimate of drug-likeness (QED) is 0.667. The molecule has 0 radical (unpaired) electrons.